The fraction of sp³-hybridized carbons (Fsp3) is 0.171. The number of hydrogen-bond acceptors (Lipinski definition) is 8. The standard InChI is InChI=1S/C35H35N3O7S/c1-22(33(39)37-26-12-9-13-27(20-26)42-2)46-28-16-14-25(15-17-28)36-35(41)29(38-34(40)23-10-7-6-8-11-23)18-24-19-31(44-4)32(45-5)21-30(24)43-3/h6-22H,1-5H3,(H,36,41)(H,37,39)(H,38,40)/b29-18-. The van der Waals surface area contributed by atoms with Crippen molar-refractivity contribution in [2.45, 2.75) is 17.1 Å². The number of benzene rings is 4. The largest absolute Gasteiger partial charge is 0.497 e. The van der Waals surface area contributed by atoms with Crippen molar-refractivity contribution in [3.05, 3.63) is 108 Å². The molecule has 0 saturated carbocycles. The Kier molecular flexibility index (Phi) is 11.7. The summed E-state index contributed by atoms with van der Waals surface area (Å²) in [5.74, 6) is 0.732. The minimum Gasteiger partial charge on any atom is -0.497 e. The maximum absolute atomic E-state index is 13.6. The van der Waals surface area contributed by atoms with Gasteiger partial charge in [0.05, 0.1) is 33.7 Å². The molecule has 10 nitrogen and oxygen atoms in total. The molecule has 3 amide bonds. The second kappa shape index (κ2) is 16.1. The number of carbonyl (C=O) groups excluding carboxylic acids is 3. The van der Waals surface area contributed by atoms with Crippen molar-refractivity contribution in [2.75, 3.05) is 39.1 Å². The molecule has 0 radical (unpaired) electrons. The predicted octanol–water partition coefficient (Wildman–Crippen LogP) is 6.25. The molecule has 11 heteroatoms. The van der Waals surface area contributed by atoms with Crippen molar-refractivity contribution in [1.29, 1.82) is 0 Å². The highest BCUT2D eigenvalue weighted by Crippen LogP contribution is 2.36. The number of thioether (sulfide) groups is 1. The second-order valence-corrected chi connectivity index (χ2v) is 11.2. The smallest absolute Gasteiger partial charge is 0.272 e. The van der Waals surface area contributed by atoms with Gasteiger partial charge in [-0.2, -0.15) is 0 Å². The van der Waals surface area contributed by atoms with E-state index in [1.807, 2.05) is 6.92 Å². The molecular weight excluding hydrogens is 606 g/mol. The number of rotatable bonds is 13. The first-order valence-corrected chi connectivity index (χ1v) is 15.0. The first-order chi connectivity index (χ1) is 22.2. The van der Waals surface area contributed by atoms with E-state index < -0.39 is 17.1 Å². The van der Waals surface area contributed by atoms with E-state index in [4.69, 9.17) is 18.9 Å². The van der Waals surface area contributed by atoms with E-state index in [1.54, 1.807) is 98.1 Å². The first-order valence-electron chi connectivity index (χ1n) is 14.2. The van der Waals surface area contributed by atoms with Gasteiger partial charge in [0, 0.05) is 39.5 Å². The fourth-order valence-electron chi connectivity index (χ4n) is 4.28. The fourth-order valence-corrected chi connectivity index (χ4v) is 5.15. The summed E-state index contributed by atoms with van der Waals surface area (Å²) >= 11 is 1.37. The maximum atomic E-state index is 13.6. The highest BCUT2D eigenvalue weighted by Gasteiger charge is 2.19. The lowest BCUT2D eigenvalue weighted by Gasteiger charge is -2.15. The van der Waals surface area contributed by atoms with Gasteiger partial charge in [0.25, 0.3) is 11.8 Å². The molecule has 46 heavy (non-hydrogen) atoms. The van der Waals surface area contributed by atoms with Gasteiger partial charge in [-0.1, -0.05) is 24.3 Å². The van der Waals surface area contributed by atoms with Crippen molar-refractivity contribution in [3.63, 3.8) is 0 Å². The lowest BCUT2D eigenvalue weighted by Crippen LogP contribution is -2.30. The van der Waals surface area contributed by atoms with Gasteiger partial charge in [-0.25, -0.2) is 0 Å². The van der Waals surface area contributed by atoms with Crippen molar-refractivity contribution in [1.82, 2.24) is 5.32 Å². The zero-order chi connectivity index (χ0) is 33.1. The molecule has 0 aliphatic heterocycles. The van der Waals surface area contributed by atoms with Gasteiger partial charge in [-0.05, 0) is 67.6 Å². The lowest BCUT2D eigenvalue weighted by atomic mass is 10.1. The van der Waals surface area contributed by atoms with Crippen LogP contribution in [0, 0.1) is 0 Å². The van der Waals surface area contributed by atoms with E-state index in [1.165, 1.54) is 39.2 Å². The first kappa shape index (κ1) is 33.5. The Morgan fingerprint density at radius 2 is 1.37 bits per heavy atom. The molecule has 0 heterocycles. The van der Waals surface area contributed by atoms with Gasteiger partial charge in [0.1, 0.15) is 17.2 Å². The van der Waals surface area contributed by atoms with Crippen molar-refractivity contribution >= 4 is 46.9 Å². The number of ether oxygens (including phenoxy) is 4. The molecule has 0 aliphatic carbocycles. The summed E-state index contributed by atoms with van der Waals surface area (Å²) in [5.41, 5.74) is 1.96. The van der Waals surface area contributed by atoms with E-state index in [0.29, 0.717) is 45.5 Å². The molecule has 4 rings (SSSR count). The number of nitrogens with one attached hydrogen (secondary N) is 3. The summed E-state index contributed by atoms with van der Waals surface area (Å²) in [4.78, 5) is 40.3. The van der Waals surface area contributed by atoms with Gasteiger partial charge < -0.3 is 34.9 Å². The molecule has 3 N–H and O–H groups in total. The number of hydrogen-bond donors (Lipinski definition) is 3. The van der Waals surface area contributed by atoms with Crippen LogP contribution in [-0.2, 0) is 9.59 Å². The topological polar surface area (TPSA) is 124 Å². The molecule has 1 atom stereocenters. The molecule has 4 aromatic rings. The molecule has 0 aromatic heterocycles. The van der Waals surface area contributed by atoms with Gasteiger partial charge >= 0.3 is 0 Å². The monoisotopic (exact) mass is 641 g/mol. The van der Waals surface area contributed by atoms with Crippen LogP contribution in [-0.4, -0.2) is 51.4 Å². The van der Waals surface area contributed by atoms with Gasteiger partial charge in [-0.15, -0.1) is 11.8 Å². The second-order valence-electron chi connectivity index (χ2n) is 9.79. The highest BCUT2D eigenvalue weighted by molar-refractivity contribution is 8.00. The normalized spacial score (nSPS) is 11.5. The van der Waals surface area contributed by atoms with Crippen LogP contribution in [0.2, 0.25) is 0 Å². The Bertz CT molecular complexity index is 1710. The molecule has 238 valence electrons. The molecular formula is C35H35N3O7S. The maximum Gasteiger partial charge on any atom is 0.272 e. The number of carbonyl (C=O) groups is 3. The zero-order valence-electron chi connectivity index (χ0n) is 26.1. The number of amides is 3. The van der Waals surface area contributed by atoms with Gasteiger partial charge in [0.2, 0.25) is 5.91 Å². The third kappa shape index (κ3) is 8.82. The summed E-state index contributed by atoms with van der Waals surface area (Å²) in [6.45, 7) is 1.81. The Hall–Kier alpha value is -5.42. The van der Waals surface area contributed by atoms with Gasteiger partial charge in [0.15, 0.2) is 11.5 Å². The van der Waals surface area contributed by atoms with E-state index >= 15 is 0 Å². The SMILES string of the molecule is COc1cccc(NC(=O)C(C)Sc2ccc(NC(=O)/C(=C/c3cc(OC)c(OC)cc3OC)NC(=O)c3ccccc3)cc2)c1. The van der Waals surface area contributed by atoms with Crippen LogP contribution in [0.5, 0.6) is 23.0 Å². The third-order valence-corrected chi connectivity index (χ3v) is 7.81. The van der Waals surface area contributed by atoms with E-state index in [-0.39, 0.29) is 11.6 Å². The van der Waals surface area contributed by atoms with Crippen molar-refractivity contribution in [3.8, 4) is 23.0 Å². The van der Waals surface area contributed by atoms with Crippen LogP contribution < -0.4 is 34.9 Å². The van der Waals surface area contributed by atoms with Crippen LogP contribution in [0.3, 0.4) is 0 Å². The summed E-state index contributed by atoms with van der Waals surface area (Å²) in [5, 5.41) is 8.05. The lowest BCUT2D eigenvalue weighted by molar-refractivity contribution is -0.115. The average molecular weight is 642 g/mol. The predicted molar refractivity (Wildman–Crippen MR) is 180 cm³/mol. The molecule has 0 spiro atoms. The average Bonchev–Trinajstić information content (AvgIpc) is 3.08. The summed E-state index contributed by atoms with van der Waals surface area (Å²) in [7, 11) is 6.06. The van der Waals surface area contributed by atoms with Crippen molar-refractivity contribution < 1.29 is 33.3 Å². The minimum atomic E-state index is -0.562. The number of anilines is 2. The Morgan fingerprint density at radius 3 is 2.02 bits per heavy atom. The summed E-state index contributed by atoms with van der Waals surface area (Å²) in [6.07, 6.45) is 1.50. The van der Waals surface area contributed by atoms with Crippen LogP contribution in [0.15, 0.2) is 102 Å². The molecule has 0 saturated heterocycles. The molecule has 4 aromatic carbocycles. The third-order valence-electron chi connectivity index (χ3n) is 6.70. The number of methoxy groups -OCH3 is 4. The Balaban J connectivity index is 1.52. The minimum absolute atomic E-state index is 0.0272. The highest BCUT2D eigenvalue weighted by atomic mass is 32.2. The van der Waals surface area contributed by atoms with Crippen LogP contribution in [0.1, 0.15) is 22.8 Å². The summed E-state index contributed by atoms with van der Waals surface area (Å²) in [6, 6.07) is 26.0. The van der Waals surface area contributed by atoms with Crippen LogP contribution in [0.4, 0.5) is 11.4 Å². The van der Waals surface area contributed by atoms with E-state index in [9.17, 15) is 14.4 Å². The summed E-state index contributed by atoms with van der Waals surface area (Å²) < 4.78 is 21.5. The van der Waals surface area contributed by atoms with E-state index in [2.05, 4.69) is 16.0 Å². The van der Waals surface area contributed by atoms with Crippen molar-refractivity contribution in [2.24, 2.45) is 0 Å². The quantitative estimate of drug-likeness (QED) is 0.116. The molecule has 0 bridgehead atoms. The molecule has 0 aliphatic rings. The molecule has 1 unspecified atom stereocenters. The van der Waals surface area contributed by atoms with Gasteiger partial charge in [-0.3, -0.25) is 14.4 Å². The van der Waals surface area contributed by atoms with Crippen LogP contribution in [0.25, 0.3) is 6.08 Å². The zero-order valence-corrected chi connectivity index (χ0v) is 26.9. The van der Waals surface area contributed by atoms with E-state index in [0.717, 1.165) is 4.90 Å². The Labute approximate surface area is 272 Å². The Morgan fingerprint density at radius 1 is 0.696 bits per heavy atom. The molecule has 0 fully saturated rings. The van der Waals surface area contributed by atoms with Crippen LogP contribution >= 0.6 is 11.8 Å².